The minimum atomic E-state index is -4.32. The van der Waals surface area contributed by atoms with Gasteiger partial charge in [-0.15, -0.1) is 0 Å². The van der Waals surface area contributed by atoms with E-state index in [0.29, 0.717) is 0 Å². The Morgan fingerprint density at radius 1 is 1.33 bits per heavy atom. The van der Waals surface area contributed by atoms with E-state index in [1.807, 2.05) is 0 Å². The highest BCUT2D eigenvalue weighted by Gasteiger charge is 2.41. The summed E-state index contributed by atoms with van der Waals surface area (Å²) >= 11 is 0. The molecule has 0 fully saturated rings. The Morgan fingerprint density at radius 2 is 2.00 bits per heavy atom. The van der Waals surface area contributed by atoms with Crippen molar-refractivity contribution in [2.75, 3.05) is 20.3 Å². The lowest BCUT2D eigenvalue weighted by atomic mass is 10.1. The van der Waals surface area contributed by atoms with E-state index < -0.39 is 43.6 Å². The lowest BCUT2D eigenvalue weighted by molar-refractivity contribution is -0.168. The van der Waals surface area contributed by atoms with E-state index in [4.69, 9.17) is 4.74 Å². The van der Waals surface area contributed by atoms with Crippen LogP contribution >= 0.6 is 0 Å². The van der Waals surface area contributed by atoms with E-state index in [1.165, 1.54) is 25.3 Å². The fraction of sp³-hybridized carbons (Fsp3) is 0.462. The standard InChI is InChI=1S/C13H13F5O3/c1-20-10-4-2-3-8(11(10)14)5-9(19)6-21-7-13(17,18)12(15)16/h2-4,12H,5-7H2,1H3. The first kappa shape index (κ1) is 17.4. The molecule has 0 amide bonds. The monoisotopic (exact) mass is 312 g/mol. The first-order valence-electron chi connectivity index (χ1n) is 5.84. The van der Waals surface area contributed by atoms with Crippen molar-refractivity contribution in [1.82, 2.24) is 0 Å². The Kier molecular flexibility index (Phi) is 6.07. The van der Waals surface area contributed by atoms with Crippen LogP contribution in [0.5, 0.6) is 5.75 Å². The van der Waals surface area contributed by atoms with Gasteiger partial charge in [-0.2, -0.15) is 8.78 Å². The van der Waals surface area contributed by atoms with Gasteiger partial charge in [0, 0.05) is 6.42 Å². The number of halogens is 5. The molecule has 0 saturated heterocycles. The molecule has 0 aliphatic heterocycles. The first-order chi connectivity index (χ1) is 9.77. The van der Waals surface area contributed by atoms with Gasteiger partial charge in [-0.05, 0) is 11.6 Å². The Balaban J connectivity index is 2.52. The van der Waals surface area contributed by atoms with Crippen LogP contribution in [0.4, 0.5) is 22.0 Å². The second-order valence-electron chi connectivity index (χ2n) is 4.20. The second-order valence-corrected chi connectivity index (χ2v) is 4.20. The number of benzene rings is 1. The van der Waals surface area contributed by atoms with Crippen molar-refractivity contribution < 1.29 is 36.2 Å². The maximum atomic E-state index is 13.7. The Morgan fingerprint density at radius 3 is 2.57 bits per heavy atom. The van der Waals surface area contributed by atoms with Crippen LogP contribution < -0.4 is 4.74 Å². The van der Waals surface area contributed by atoms with Crippen molar-refractivity contribution in [2.24, 2.45) is 0 Å². The molecule has 3 nitrogen and oxygen atoms in total. The molecular formula is C13H13F5O3. The summed E-state index contributed by atoms with van der Waals surface area (Å²) in [6, 6.07) is 4.13. The Bertz CT molecular complexity index is 491. The molecule has 8 heteroatoms. The summed E-state index contributed by atoms with van der Waals surface area (Å²) in [5.74, 6) is -5.84. The van der Waals surface area contributed by atoms with Crippen molar-refractivity contribution in [1.29, 1.82) is 0 Å². The molecule has 0 bridgehead atoms. The third-order valence-corrected chi connectivity index (χ3v) is 2.53. The summed E-state index contributed by atoms with van der Waals surface area (Å²) in [7, 11) is 1.25. The van der Waals surface area contributed by atoms with Gasteiger partial charge in [0.2, 0.25) is 0 Å². The third-order valence-electron chi connectivity index (χ3n) is 2.53. The van der Waals surface area contributed by atoms with Crippen LogP contribution in [-0.4, -0.2) is 38.5 Å². The van der Waals surface area contributed by atoms with Gasteiger partial charge in [-0.1, -0.05) is 12.1 Å². The third kappa shape index (κ3) is 4.96. The van der Waals surface area contributed by atoms with Crippen molar-refractivity contribution in [3.8, 4) is 5.75 Å². The molecule has 0 spiro atoms. The molecule has 0 aromatic heterocycles. The first-order valence-corrected chi connectivity index (χ1v) is 5.84. The molecule has 0 saturated carbocycles. The predicted octanol–water partition coefficient (Wildman–Crippen LogP) is 2.86. The Hall–Kier alpha value is -1.70. The fourth-order valence-corrected chi connectivity index (χ4v) is 1.48. The lowest BCUT2D eigenvalue weighted by Crippen LogP contribution is -2.33. The molecule has 0 N–H and O–H groups in total. The Labute approximate surface area is 117 Å². The molecule has 0 radical (unpaired) electrons. The van der Waals surface area contributed by atoms with Crippen LogP contribution in [0, 0.1) is 5.82 Å². The average molecular weight is 312 g/mol. The van der Waals surface area contributed by atoms with Gasteiger partial charge in [0.05, 0.1) is 7.11 Å². The fourth-order valence-electron chi connectivity index (χ4n) is 1.48. The summed E-state index contributed by atoms with van der Waals surface area (Å²) in [5.41, 5.74) is 0.00331. The smallest absolute Gasteiger partial charge is 0.330 e. The molecule has 21 heavy (non-hydrogen) atoms. The van der Waals surface area contributed by atoms with Crippen LogP contribution in [0.15, 0.2) is 18.2 Å². The minimum Gasteiger partial charge on any atom is -0.494 e. The summed E-state index contributed by atoms with van der Waals surface area (Å²) < 4.78 is 71.4. The van der Waals surface area contributed by atoms with Crippen molar-refractivity contribution in [3.05, 3.63) is 29.6 Å². The van der Waals surface area contributed by atoms with Crippen molar-refractivity contribution in [3.63, 3.8) is 0 Å². The maximum absolute atomic E-state index is 13.7. The maximum Gasteiger partial charge on any atom is 0.330 e. The molecule has 1 aromatic rings. The van der Waals surface area contributed by atoms with E-state index in [2.05, 4.69) is 4.74 Å². The normalized spacial score (nSPS) is 11.8. The van der Waals surface area contributed by atoms with Crippen LogP contribution in [0.25, 0.3) is 0 Å². The quantitative estimate of drug-likeness (QED) is 0.693. The summed E-state index contributed by atoms with van der Waals surface area (Å²) in [4.78, 5) is 11.5. The number of carbonyl (C=O) groups excluding carboxylic acids is 1. The number of hydrogen-bond donors (Lipinski definition) is 0. The zero-order chi connectivity index (χ0) is 16.0. The number of alkyl halides is 4. The number of hydrogen-bond acceptors (Lipinski definition) is 3. The lowest BCUT2D eigenvalue weighted by Gasteiger charge is -2.14. The number of Topliss-reactive ketones (excluding diaryl/α,β-unsaturated/α-hetero) is 1. The number of rotatable bonds is 8. The molecule has 1 rings (SSSR count). The van der Waals surface area contributed by atoms with E-state index in [1.54, 1.807) is 0 Å². The van der Waals surface area contributed by atoms with Gasteiger partial charge in [-0.3, -0.25) is 4.79 Å². The van der Waals surface area contributed by atoms with Crippen LogP contribution in [-0.2, 0) is 16.0 Å². The molecule has 0 heterocycles. The van der Waals surface area contributed by atoms with E-state index in [9.17, 15) is 26.7 Å². The molecule has 0 atom stereocenters. The van der Waals surface area contributed by atoms with Gasteiger partial charge in [0.1, 0.15) is 13.2 Å². The number of ether oxygens (including phenoxy) is 2. The average Bonchev–Trinajstić information content (AvgIpc) is 2.40. The van der Waals surface area contributed by atoms with E-state index in [0.717, 1.165) is 0 Å². The van der Waals surface area contributed by atoms with Crippen LogP contribution in [0.1, 0.15) is 5.56 Å². The van der Waals surface area contributed by atoms with Gasteiger partial charge >= 0.3 is 12.3 Å². The van der Waals surface area contributed by atoms with Gasteiger partial charge in [-0.25, -0.2) is 13.2 Å². The topological polar surface area (TPSA) is 35.5 Å². The van der Waals surface area contributed by atoms with Crippen molar-refractivity contribution >= 4 is 5.78 Å². The largest absolute Gasteiger partial charge is 0.494 e. The summed E-state index contributed by atoms with van der Waals surface area (Å²) in [6.07, 6.45) is -4.29. The van der Waals surface area contributed by atoms with Crippen LogP contribution in [0.3, 0.4) is 0 Å². The number of methoxy groups -OCH3 is 1. The summed E-state index contributed by atoms with van der Waals surface area (Å²) in [5, 5.41) is 0. The highest BCUT2D eigenvalue weighted by atomic mass is 19.3. The molecular weight excluding hydrogens is 299 g/mol. The number of carbonyl (C=O) groups is 1. The molecule has 0 aliphatic carbocycles. The van der Waals surface area contributed by atoms with E-state index >= 15 is 0 Å². The predicted molar refractivity (Wildman–Crippen MR) is 63.4 cm³/mol. The van der Waals surface area contributed by atoms with Crippen LogP contribution in [0.2, 0.25) is 0 Å². The highest BCUT2D eigenvalue weighted by molar-refractivity contribution is 5.82. The van der Waals surface area contributed by atoms with Gasteiger partial charge in [0.15, 0.2) is 17.3 Å². The SMILES string of the molecule is COc1cccc(CC(=O)COCC(F)(F)C(F)F)c1F. The molecule has 0 unspecified atom stereocenters. The van der Waals surface area contributed by atoms with Gasteiger partial charge < -0.3 is 9.47 Å². The molecule has 118 valence electrons. The zero-order valence-corrected chi connectivity index (χ0v) is 11.0. The minimum absolute atomic E-state index is 0.00331. The molecule has 1 aromatic carbocycles. The summed E-state index contributed by atoms with van der Waals surface area (Å²) in [6.45, 7) is -2.38. The second kappa shape index (κ2) is 7.35. The molecule has 0 aliphatic rings. The highest BCUT2D eigenvalue weighted by Crippen LogP contribution is 2.23. The van der Waals surface area contributed by atoms with Gasteiger partial charge in [0.25, 0.3) is 0 Å². The number of ketones is 1. The van der Waals surface area contributed by atoms with Crippen molar-refractivity contribution in [2.45, 2.75) is 18.8 Å². The van der Waals surface area contributed by atoms with E-state index in [-0.39, 0.29) is 11.3 Å². The zero-order valence-electron chi connectivity index (χ0n) is 11.0.